The number of fused-ring (bicyclic) bond motifs is 2. The van der Waals surface area contributed by atoms with Gasteiger partial charge in [-0.05, 0) is 69.2 Å². The molecule has 3 atom stereocenters. The number of halogens is 4. The summed E-state index contributed by atoms with van der Waals surface area (Å²) in [7, 11) is 2.15. The lowest BCUT2D eigenvalue weighted by Gasteiger charge is -2.42. The van der Waals surface area contributed by atoms with Crippen molar-refractivity contribution in [3.8, 4) is 0 Å². The maximum atomic E-state index is 13.1. The number of anilines is 1. The Balaban J connectivity index is 0.998. The van der Waals surface area contributed by atoms with Crippen LogP contribution in [0.2, 0.25) is 5.02 Å². The molecule has 0 spiro atoms. The van der Waals surface area contributed by atoms with E-state index < -0.39 is 17.8 Å². The molecule has 3 aromatic heterocycles. The van der Waals surface area contributed by atoms with Crippen molar-refractivity contribution in [1.82, 2.24) is 29.4 Å². The van der Waals surface area contributed by atoms with Gasteiger partial charge in [-0.15, -0.1) is 0 Å². The highest BCUT2D eigenvalue weighted by Gasteiger charge is 2.38. The molecule has 0 radical (unpaired) electrons. The van der Waals surface area contributed by atoms with Crippen molar-refractivity contribution in [2.45, 2.75) is 62.9 Å². The Kier molecular flexibility index (Phi) is 6.71. The van der Waals surface area contributed by atoms with Crippen LogP contribution in [-0.4, -0.2) is 60.2 Å². The van der Waals surface area contributed by atoms with Gasteiger partial charge in [-0.1, -0.05) is 11.6 Å². The monoisotopic (exact) mass is 561 g/mol. The summed E-state index contributed by atoms with van der Waals surface area (Å²) in [6.07, 6.45) is 3.87. The van der Waals surface area contributed by atoms with Crippen molar-refractivity contribution >= 4 is 39.5 Å². The average Bonchev–Trinajstić information content (AvgIpc) is 3.53. The minimum Gasteiger partial charge on any atom is -0.391 e. The fraction of sp³-hybridized carbons (Fsp3) is 0.519. The maximum absolute atomic E-state index is 13.1. The van der Waals surface area contributed by atoms with Crippen molar-refractivity contribution < 1.29 is 18.3 Å². The van der Waals surface area contributed by atoms with Gasteiger partial charge < -0.3 is 25.3 Å². The van der Waals surface area contributed by atoms with Gasteiger partial charge in [0.25, 0.3) is 0 Å². The molecule has 2 saturated carbocycles. The first-order valence-corrected chi connectivity index (χ1v) is 13.6. The second-order valence-electron chi connectivity index (χ2n) is 11.2. The molecule has 1 aromatic carbocycles. The van der Waals surface area contributed by atoms with E-state index in [1.54, 1.807) is 0 Å². The predicted molar refractivity (Wildman–Crippen MR) is 143 cm³/mol. The Morgan fingerprint density at radius 3 is 2.74 bits per heavy atom. The van der Waals surface area contributed by atoms with Gasteiger partial charge in [0.05, 0.1) is 39.2 Å². The Morgan fingerprint density at radius 2 is 1.97 bits per heavy atom. The molecule has 12 heteroatoms. The number of nitrogen functional groups attached to an aromatic ring is 1. The van der Waals surface area contributed by atoms with Gasteiger partial charge in [-0.25, -0.2) is 15.0 Å². The number of hydrogen-bond donors (Lipinski definition) is 3. The number of nitrogens with zero attached hydrogens (tertiary/aromatic N) is 5. The zero-order valence-electron chi connectivity index (χ0n) is 21.5. The SMILES string of the molecule is CN(C[C@@H]1C[C@@H](O)[C@H](n2ccc3c(N)ncnc32)C1)[C@H]1C[C@@H](CCc2nc3cc(Cl)c(C(F)(F)F)cc3[nH]2)C1. The van der Waals surface area contributed by atoms with E-state index in [1.165, 1.54) is 12.4 Å². The normalized spacial score (nSPS) is 25.7. The van der Waals surface area contributed by atoms with E-state index in [0.29, 0.717) is 47.0 Å². The van der Waals surface area contributed by atoms with Crippen molar-refractivity contribution in [2.75, 3.05) is 19.3 Å². The summed E-state index contributed by atoms with van der Waals surface area (Å²) < 4.78 is 41.5. The molecule has 8 nitrogen and oxygen atoms in total. The zero-order chi connectivity index (χ0) is 27.5. The first-order chi connectivity index (χ1) is 18.6. The lowest BCUT2D eigenvalue weighted by Crippen LogP contribution is -2.44. The van der Waals surface area contributed by atoms with Crippen LogP contribution in [0.1, 0.15) is 49.5 Å². The van der Waals surface area contributed by atoms with Crippen LogP contribution < -0.4 is 5.73 Å². The molecule has 2 aliphatic carbocycles. The minimum absolute atomic E-state index is 0.0322. The number of aromatic nitrogens is 5. The van der Waals surface area contributed by atoms with Gasteiger partial charge in [-0.2, -0.15) is 13.2 Å². The summed E-state index contributed by atoms with van der Waals surface area (Å²) in [5.74, 6) is 2.07. The van der Waals surface area contributed by atoms with Crippen LogP contribution in [0, 0.1) is 11.8 Å². The summed E-state index contributed by atoms with van der Waals surface area (Å²) >= 11 is 5.83. The van der Waals surface area contributed by atoms with Crippen LogP contribution in [0.15, 0.2) is 30.7 Å². The van der Waals surface area contributed by atoms with E-state index in [-0.39, 0.29) is 11.1 Å². The summed E-state index contributed by atoms with van der Waals surface area (Å²) in [5, 5.41) is 11.3. The lowest BCUT2D eigenvalue weighted by molar-refractivity contribution is -0.137. The molecular weight excluding hydrogens is 531 g/mol. The topological polar surface area (TPSA) is 109 Å². The fourth-order valence-electron chi connectivity index (χ4n) is 6.41. The molecular formula is C27H31ClF3N7O. The van der Waals surface area contributed by atoms with Crippen LogP contribution in [0.3, 0.4) is 0 Å². The first kappa shape index (κ1) is 26.3. The van der Waals surface area contributed by atoms with E-state index in [4.69, 9.17) is 17.3 Å². The third-order valence-electron chi connectivity index (χ3n) is 8.59. The van der Waals surface area contributed by atoms with Crippen molar-refractivity contribution in [2.24, 2.45) is 11.8 Å². The molecule has 0 aliphatic heterocycles. The lowest BCUT2D eigenvalue weighted by atomic mass is 9.76. The van der Waals surface area contributed by atoms with Crippen LogP contribution in [0.4, 0.5) is 19.0 Å². The molecule has 208 valence electrons. The fourth-order valence-corrected chi connectivity index (χ4v) is 6.68. The van der Waals surface area contributed by atoms with Gasteiger partial charge in [0.1, 0.15) is 23.6 Å². The smallest absolute Gasteiger partial charge is 0.391 e. The molecule has 2 fully saturated rings. The van der Waals surface area contributed by atoms with Crippen LogP contribution in [0.5, 0.6) is 0 Å². The number of aliphatic hydroxyl groups excluding tert-OH is 1. The summed E-state index contributed by atoms with van der Waals surface area (Å²) in [6.45, 7) is 0.924. The highest BCUT2D eigenvalue weighted by Crippen LogP contribution is 2.40. The number of hydrogen-bond acceptors (Lipinski definition) is 6. The van der Waals surface area contributed by atoms with E-state index in [1.807, 2.05) is 16.8 Å². The molecule has 0 amide bonds. The molecule has 4 N–H and O–H groups in total. The highest BCUT2D eigenvalue weighted by molar-refractivity contribution is 6.32. The number of nitrogens with one attached hydrogen (secondary N) is 1. The molecule has 39 heavy (non-hydrogen) atoms. The number of imidazole rings is 1. The summed E-state index contributed by atoms with van der Waals surface area (Å²) in [4.78, 5) is 18.3. The summed E-state index contributed by atoms with van der Waals surface area (Å²) in [6, 6.07) is 4.69. The largest absolute Gasteiger partial charge is 0.417 e. The quantitative estimate of drug-likeness (QED) is 0.285. The second kappa shape index (κ2) is 9.94. The van der Waals surface area contributed by atoms with Gasteiger partial charge in [-0.3, -0.25) is 0 Å². The Labute approximate surface area is 228 Å². The number of rotatable bonds is 7. The third kappa shape index (κ3) is 5.07. The van der Waals surface area contributed by atoms with Gasteiger partial charge in [0, 0.05) is 25.2 Å². The second-order valence-corrected chi connectivity index (χ2v) is 11.6. The van der Waals surface area contributed by atoms with E-state index >= 15 is 0 Å². The van der Waals surface area contributed by atoms with E-state index in [0.717, 1.165) is 55.7 Å². The number of H-pyrrole nitrogens is 1. The zero-order valence-corrected chi connectivity index (χ0v) is 22.3. The summed E-state index contributed by atoms with van der Waals surface area (Å²) in [5.41, 5.74) is 6.70. The van der Waals surface area contributed by atoms with Crippen molar-refractivity contribution in [3.63, 3.8) is 0 Å². The van der Waals surface area contributed by atoms with E-state index in [9.17, 15) is 18.3 Å². The Bertz CT molecular complexity index is 1500. The Hall–Kier alpha value is -2.89. The van der Waals surface area contributed by atoms with Gasteiger partial charge >= 0.3 is 6.18 Å². The maximum Gasteiger partial charge on any atom is 0.417 e. The highest BCUT2D eigenvalue weighted by atomic mass is 35.5. The van der Waals surface area contributed by atoms with Crippen LogP contribution >= 0.6 is 11.6 Å². The molecule has 0 bridgehead atoms. The predicted octanol–water partition coefficient (Wildman–Crippen LogP) is 5.22. The van der Waals surface area contributed by atoms with Gasteiger partial charge in [0.15, 0.2) is 0 Å². The Morgan fingerprint density at radius 1 is 1.18 bits per heavy atom. The van der Waals surface area contributed by atoms with Crippen LogP contribution in [-0.2, 0) is 12.6 Å². The number of benzene rings is 1. The third-order valence-corrected chi connectivity index (χ3v) is 8.90. The molecule has 4 aromatic rings. The molecule has 2 aliphatic rings. The van der Waals surface area contributed by atoms with Crippen molar-refractivity contribution in [3.05, 3.63) is 47.1 Å². The molecule has 3 heterocycles. The number of aryl methyl sites for hydroxylation is 1. The molecule has 6 rings (SSSR count). The average molecular weight is 562 g/mol. The minimum atomic E-state index is -4.50. The number of nitrogens with two attached hydrogens (primary N) is 1. The van der Waals surface area contributed by atoms with Gasteiger partial charge in [0.2, 0.25) is 0 Å². The van der Waals surface area contributed by atoms with Crippen LogP contribution in [0.25, 0.3) is 22.1 Å². The number of aromatic amines is 1. The van der Waals surface area contributed by atoms with Crippen molar-refractivity contribution in [1.29, 1.82) is 0 Å². The first-order valence-electron chi connectivity index (χ1n) is 13.3. The van der Waals surface area contributed by atoms with E-state index in [2.05, 4.69) is 31.9 Å². The standard InChI is InChI=1S/C27H31ClF3N7O/c1-37(12-15-8-22(23(39)9-15)38-5-4-17-25(32)33-13-34-26(17)38)16-6-14(7-16)2-3-24-35-20-10-18(27(29,30)31)19(28)11-21(20)36-24/h4-5,10-11,13-16,22-23,39H,2-3,6-9,12H2,1H3,(H,35,36)(H2,32,33,34)/t14-,15-,16+,22+,23+/m0/s1. The molecule has 0 unspecified atom stereocenters. The molecule has 0 saturated heterocycles. The number of aliphatic hydroxyl groups is 1. The number of alkyl halides is 3.